The molecular formula is C14H10BF3N2O7. The molecule has 2 aromatic rings. The van der Waals surface area contributed by atoms with Gasteiger partial charge in [0.15, 0.2) is 0 Å². The summed E-state index contributed by atoms with van der Waals surface area (Å²) >= 11 is 0. The number of halogens is 3. The molecule has 0 amide bonds. The molecule has 0 aliphatic rings. The van der Waals surface area contributed by atoms with E-state index in [1.807, 2.05) is 0 Å². The summed E-state index contributed by atoms with van der Waals surface area (Å²) in [7, 11) is -2.28. The normalized spacial score (nSPS) is 11.3. The molecule has 0 aliphatic carbocycles. The molecule has 7 N–H and O–H groups in total. The molecule has 0 fully saturated rings. The summed E-state index contributed by atoms with van der Waals surface area (Å²) in [6.45, 7) is 0. The highest BCUT2D eigenvalue weighted by Crippen LogP contribution is 2.39. The van der Waals surface area contributed by atoms with Gasteiger partial charge in [-0.3, -0.25) is 4.79 Å². The molecule has 0 bridgehead atoms. The van der Waals surface area contributed by atoms with E-state index >= 15 is 0 Å². The molecule has 0 saturated heterocycles. The topological polar surface area (TPSA) is 174 Å². The van der Waals surface area contributed by atoms with Crippen molar-refractivity contribution in [3.8, 4) is 11.1 Å². The van der Waals surface area contributed by atoms with Crippen molar-refractivity contribution in [2.45, 2.75) is 6.18 Å². The molecule has 1 heterocycles. The lowest BCUT2D eigenvalue weighted by molar-refractivity contribution is -0.137. The highest BCUT2D eigenvalue weighted by atomic mass is 19.4. The van der Waals surface area contributed by atoms with Crippen molar-refractivity contribution in [1.29, 1.82) is 0 Å². The zero-order chi connectivity index (χ0) is 20.7. The van der Waals surface area contributed by atoms with Crippen LogP contribution in [-0.2, 0) is 6.18 Å². The first-order valence-corrected chi connectivity index (χ1v) is 6.96. The van der Waals surface area contributed by atoms with Crippen LogP contribution in [0.25, 0.3) is 11.1 Å². The van der Waals surface area contributed by atoms with Gasteiger partial charge in [-0.15, -0.1) is 0 Å². The molecular weight excluding hydrogens is 376 g/mol. The van der Waals surface area contributed by atoms with Crippen LogP contribution in [0.1, 0.15) is 26.3 Å². The van der Waals surface area contributed by atoms with Crippen LogP contribution in [0, 0.1) is 0 Å². The number of hydrogen-bond acceptors (Lipinski definition) is 6. The predicted molar refractivity (Wildman–Crippen MR) is 85.7 cm³/mol. The first-order chi connectivity index (χ1) is 12.4. The predicted octanol–water partition coefficient (Wildman–Crippen LogP) is -0.281. The Labute approximate surface area is 147 Å². The minimum atomic E-state index is -5.15. The largest absolute Gasteiger partial charge is 0.488 e. The standard InChI is InChI=1S/C14H10BF3N2O7/c16-14(17,18)6-3-4(15(26)27)1-2-5(6)7-8(12(22)23)10(19)20-11(21)9(7)13(24)25/h1-3,26-27H,(H,22,23)(H,24,25)(H3,19,20,21). The Balaban J connectivity index is 3.08. The monoisotopic (exact) mass is 386 g/mol. The van der Waals surface area contributed by atoms with Crippen LogP contribution < -0.4 is 16.8 Å². The third-order valence-corrected chi connectivity index (χ3v) is 3.59. The fourth-order valence-corrected chi connectivity index (χ4v) is 2.49. The Morgan fingerprint density at radius 2 is 1.63 bits per heavy atom. The maximum absolute atomic E-state index is 13.5. The van der Waals surface area contributed by atoms with E-state index in [1.165, 1.54) is 0 Å². The number of aromatic nitrogens is 1. The van der Waals surface area contributed by atoms with E-state index in [-0.39, 0.29) is 0 Å². The Hall–Kier alpha value is -3.32. The van der Waals surface area contributed by atoms with Crippen LogP contribution in [0.4, 0.5) is 19.0 Å². The second-order valence-electron chi connectivity index (χ2n) is 5.28. The molecule has 13 heteroatoms. The smallest absolute Gasteiger partial charge is 0.478 e. The SMILES string of the molecule is Nc1[nH]c(=O)c(C(=O)O)c(-c2ccc(B(O)O)cc2C(F)(F)F)c1C(=O)O. The number of carboxylic acid groups (broad SMARTS) is 2. The number of H-pyrrole nitrogens is 1. The summed E-state index contributed by atoms with van der Waals surface area (Å²) in [6.07, 6.45) is -5.15. The summed E-state index contributed by atoms with van der Waals surface area (Å²) in [5.41, 5.74) is -2.53. The Bertz CT molecular complexity index is 1000. The maximum Gasteiger partial charge on any atom is 0.488 e. The van der Waals surface area contributed by atoms with Gasteiger partial charge >= 0.3 is 25.2 Å². The van der Waals surface area contributed by atoms with E-state index in [0.29, 0.717) is 12.1 Å². The number of rotatable bonds is 4. The Kier molecular flexibility index (Phi) is 5.02. The van der Waals surface area contributed by atoms with Gasteiger partial charge in [0.25, 0.3) is 5.56 Å². The van der Waals surface area contributed by atoms with Gasteiger partial charge < -0.3 is 31.0 Å². The van der Waals surface area contributed by atoms with Gasteiger partial charge in [-0.05, 0) is 17.1 Å². The highest BCUT2D eigenvalue weighted by Gasteiger charge is 2.38. The lowest BCUT2D eigenvalue weighted by Crippen LogP contribution is -2.31. The van der Waals surface area contributed by atoms with E-state index in [1.54, 1.807) is 4.98 Å². The van der Waals surface area contributed by atoms with Crippen LogP contribution in [0.2, 0.25) is 0 Å². The van der Waals surface area contributed by atoms with Crippen LogP contribution in [-0.4, -0.2) is 44.3 Å². The summed E-state index contributed by atoms with van der Waals surface area (Å²) in [6, 6.07) is 1.74. The molecule has 27 heavy (non-hydrogen) atoms. The number of aromatic amines is 1. The summed E-state index contributed by atoms with van der Waals surface area (Å²) in [5.74, 6) is -4.69. The fraction of sp³-hybridized carbons (Fsp3) is 0.0714. The van der Waals surface area contributed by atoms with Gasteiger partial charge in [-0.25, -0.2) is 9.59 Å². The number of nitrogen functional groups attached to an aromatic ring is 1. The maximum atomic E-state index is 13.5. The first-order valence-electron chi connectivity index (χ1n) is 6.96. The van der Waals surface area contributed by atoms with Crippen LogP contribution in [0.3, 0.4) is 0 Å². The molecule has 2 rings (SSSR count). The van der Waals surface area contributed by atoms with Gasteiger partial charge in [0.05, 0.1) is 5.56 Å². The van der Waals surface area contributed by atoms with Crippen LogP contribution >= 0.6 is 0 Å². The van der Waals surface area contributed by atoms with Crippen molar-refractivity contribution in [3.63, 3.8) is 0 Å². The van der Waals surface area contributed by atoms with Crippen molar-refractivity contribution in [2.24, 2.45) is 0 Å². The lowest BCUT2D eigenvalue weighted by atomic mass is 9.77. The van der Waals surface area contributed by atoms with Crippen molar-refractivity contribution >= 4 is 30.3 Å². The Morgan fingerprint density at radius 1 is 1.07 bits per heavy atom. The Morgan fingerprint density at radius 3 is 2.07 bits per heavy atom. The van der Waals surface area contributed by atoms with E-state index in [4.69, 9.17) is 15.8 Å². The van der Waals surface area contributed by atoms with Gasteiger partial charge in [-0.2, -0.15) is 13.2 Å². The van der Waals surface area contributed by atoms with Gasteiger partial charge in [0.1, 0.15) is 16.9 Å². The van der Waals surface area contributed by atoms with Crippen molar-refractivity contribution < 1.29 is 43.0 Å². The number of nitrogens with two attached hydrogens (primary N) is 1. The lowest BCUT2D eigenvalue weighted by Gasteiger charge is -2.18. The number of carbonyl (C=O) groups is 2. The third kappa shape index (κ3) is 3.63. The molecule has 0 radical (unpaired) electrons. The average Bonchev–Trinajstić information content (AvgIpc) is 2.51. The number of aromatic carboxylic acids is 2. The zero-order valence-electron chi connectivity index (χ0n) is 13.0. The first kappa shape index (κ1) is 20.0. The second-order valence-corrected chi connectivity index (χ2v) is 5.28. The van der Waals surface area contributed by atoms with Gasteiger partial charge in [0, 0.05) is 5.56 Å². The van der Waals surface area contributed by atoms with Gasteiger partial charge in [0.2, 0.25) is 0 Å². The molecule has 0 unspecified atom stereocenters. The van der Waals surface area contributed by atoms with E-state index in [2.05, 4.69) is 0 Å². The summed E-state index contributed by atoms with van der Waals surface area (Å²) in [4.78, 5) is 36.6. The molecule has 9 nitrogen and oxygen atoms in total. The number of alkyl halides is 3. The molecule has 0 atom stereocenters. The molecule has 1 aromatic carbocycles. The minimum Gasteiger partial charge on any atom is -0.478 e. The van der Waals surface area contributed by atoms with E-state index in [9.17, 15) is 37.8 Å². The van der Waals surface area contributed by atoms with E-state index < -0.39 is 69.9 Å². The third-order valence-electron chi connectivity index (χ3n) is 3.59. The number of nitrogens with one attached hydrogen (secondary N) is 1. The van der Waals surface area contributed by atoms with E-state index in [0.717, 1.165) is 6.07 Å². The molecule has 0 spiro atoms. The van der Waals surface area contributed by atoms with Crippen molar-refractivity contribution in [3.05, 3.63) is 45.2 Å². The number of carboxylic acids is 2. The number of hydrogen-bond donors (Lipinski definition) is 6. The van der Waals surface area contributed by atoms with Crippen LogP contribution in [0.5, 0.6) is 0 Å². The molecule has 0 aliphatic heterocycles. The highest BCUT2D eigenvalue weighted by molar-refractivity contribution is 6.58. The van der Waals surface area contributed by atoms with Gasteiger partial charge in [-0.1, -0.05) is 12.1 Å². The quantitative estimate of drug-likeness (QED) is 0.389. The molecule has 142 valence electrons. The summed E-state index contributed by atoms with van der Waals surface area (Å²) in [5, 5.41) is 36.7. The van der Waals surface area contributed by atoms with Crippen molar-refractivity contribution in [1.82, 2.24) is 4.98 Å². The second kappa shape index (κ2) is 6.77. The van der Waals surface area contributed by atoms with Crippen LogP contribution in [0.15, 0.2) is 23.0 Å². The minimum absolute atomic E-state index is 0.300. The average molecular weight is 386 g/mol. The number of pyridine rings is 1. The van der Waals surface area contributed by atoms with Crippen molar-refractivity contribution in [2.75, 3.05) is 5.73 Å². The summed E-state index contributed by atoms with van der Waals surface area (Å²) < 4.78 is 40.4. The molecule has 1 aromatic heterocycles. The molecule has 0 saturated carbocycles. The fourth-order valence-electron chi connectivity index (χ4n) is 2.49. The zero-order valence-corrected chi connectivity index (χ0v) is 13.0. The number of benzene rings is 1. The number of anilines is 1.